The highest BCUT2D eigenvalue weighted by atomic mass is 127. The van der Waals surface area contributed by atoms with Crippen LogP contribution in [0.1, 0.15) is 50.5 Å². The number of nitrogens with zero attached hydrogens (tertiary/aromatic N) is 2. The van der Waals surface area contributed by atoms with Gasteiger partial charge in [0.2, 0.25) is 0 Å². The van der Waals surface area contributed by atoms with E-state index in [-0.39, 0.29) is 24.0 Å². The number of fused-ring (bicyclic) bond motifs is 1. The lowest BCUT2D eigenvalue weighted by Gasteiger charge is -2.39. The van der Waals surface area contributed by atoms with Crippen molar-refractivity contribution in [3.63, 3.8) is 0 Å². The lowest BCUT2D eigenvalue weighted by molar-refractivity contribution is 0.119. The second-order valence-corrected chi connectivity index (χ2v) is 8.31. The van der Waals surface area contributed by atoms with E-state index in [0.29, 0.717) is 6.04 Å². The van der Waals surface area contributed by atoms with Gasteiger partial charge >= 0.3 is 0 Å². The molecule has 0 radical (unpaired) electrons. The zero-order chi connectivity index (χ0) is 19.2. The fraction of sp³-hybridized carbons (Fsp3) is 0.542. The number of hydrogen-bond donors (Lipinski definition) is 2. The molecule has 29 heavy (non-hydrogen) atoms. The minimum atomic E-state index is 0. The first-order chi connectivity index (χ1) is 13.8. The quantitative estimate of drug-likeness (QED) is 0.352. The highest BCUT2D eigenvalue weighted by molar-refractivity contribution is 14.0. The van der Waals surface area contributed by atoms with Crippen molar-refractivity contribution in [1.82, 2.24) is 15.5 Å². The van der Waals surface area contributed by atoms with Gasteiger partial charge < -0.3 is 15.5 Å². The Kier molecular flexibility index (Phi) is 8.60. The molecule has 1 heterocycles. The normalized spacial score (nSPS) is 19.7. The zero-order valence-corrected chi connectivity index (χ0v) is 19.9. The van der Waals surface area contributed by atoms with E-state index < -0.39 is 0 Å². The summed E-state index contributed by atoms with van der Waals surface area (Å²) < 4.78 is 0. The molecule has 1 aliphatic heterocycles. The largest absolute Gasteiger partial charge is 0.354 e. The van der Waals surface area contributed by atoms with Crippen molar-refractivity contribution >= 4 is 40.7 Å². The molecule has 1 aliphatic carbocycles. The molecule has 2 fully saturated rings. The molecule has 0 amide bonds. The van der Waals surface area contributed by atoms with Gasteiger partial charge in [-0.2, -0.15) is 0 Å². The molecular formula is C24H35IN4. The summed E-state index contributed by atoms with van der Waals surface area (Å²) >= 11 is 0. The lowest BCUT2D eigenvalue weighted by Crippen LogP contribution is -2.50. The number of likely N-dealkylation sites (tertiary alicyclic amines) is 1. The van der Waals surface area contributed by atoms with Gasteiger partial charge in [0.25, 0.3) is 0 Å². The molecule has 4 nitrogen and oxygen atoms in total. The van der Waals surface area contributed by atoms with Gasteiger partial charge in [0.15, 0.2) is 5.96 Å². The van der Waals surface area contributed by atoms with Crippen LogP contribution in [0.3, 0.4) is 0 Å². The van der Waals surface area contributed by atoms with E-state index in [1.807, 2.05) is 7.05 Å². The molecule has 0 bridgehead atoms. The average Bonchev–Trinajstić information content (AvgIpc) is 2.77. The summed E-state index contributed by atoms with van der Waals surface area (Å²) in [6.45, 7) is 3.24. The lowest BCUT2D eigenvalue weighted by atomic mass is 9.92. The predicted molar refractivity (Wildman–Crippen MR) is 134 cm³/mol. The maximum atomic E-state index is 4.47. The third-order valence-electron chi connectivity index (χ3n) is 6.51. The Balaban J connectivity index is 0.00000240. The molecule has 0 unspecified atom stereocenters. The van der Waals surface area contributed by atoms with Crippen LogP contribution in [0.5, 0.6) is 0 Å². The molecule has 158 valence electrons. The number of guanidine groups is 1. The molecule has 0 atom stereocenters. The zero-order valence-electron chi connectivity index (χ0n) is 17.6. The van der Waals surface area contributed by atoms with Gasteiger partial charge in [-0.15, -0.1) is 24.0 Å². The van der Waals surface area contributed by atoms with Crippen molar-refractivity contribution in [3.8, 4) is 0 Å². The van der Waals surface area contributed by atoms with Crippen LogP contribution in [-0.2, 0) is 6.54 Å². The Hall–Kier alpha value is -1.34. The van der Waals surface area contributed by atoms with Crippen LogP contribution >= 0.6 is 24.0 Å². The molecule has 2 aliphatic rings. The number of piperidine rings is 1. The Bertz CT molecular complexity index is 787. The average molecular weight is 506 g/mol. The number of hydrogen-bond acceptors (Lipinski definition) is 2. The number of halogens is 1. The fourth-order valence-electron chi connectivity index (χ4n) is 4.87. The van der Waals surface area contributed by atoms with E-state index >= 15 is 0 Å². The monoisotopic (exact) mass is 506 g/mol. The number of aliphatic imine (C=N–C) groups is 1. The van der Waals surface area contributed by atoms with Crippen LogP contribution in [0, 0.1) is 0 Å². The highest BCUT2D eigenvalue weighted by Crippen LogP contribution is 2.25. The molecule has 2 N–H and O–H groups in total. The highest BCUT2D eigenvalue weighted by Gasteiger charge is 2.26. The number of benzene rings is 2. The van der Waals surface area contributed by atoms with E-state index in [4.69, 9.17) is 0 Å². The summed E-state index contributed by atoms with van der Waals surface area (Å²) in [7, 11) is 1.87. The van der Waals surface area contributed by atoms with Crippen LogP contribution in [0.25, 0.3) is 10.8 Å². The van der Waals surface area contributed by atoms with Gasteiger partial charge in [-0.05, 0) is 42.0 Å². The van der Waals surface area contributed by atoms with E-state index in [1.54, 1.807) is 0 Å². The SMILES string of the molecule is CN=C(NCc1cccc2ccccc12)NC1CCN(C2CCCCC2)CC1.I. The van der Waals surface area contributed by atoms with E-state index in [0.717, 1.165) is 18.5 Å². The first-order valence-corrected chi connectivity index (χ1v) is 11.0. The van der Waals surface area contributed by atoms with Crippen molar-refractivity contribution in [2.45, 2.75) is 63.6 Å². The molecule has 0 spiro atoms. The third-order valence-corrected chi connectivity index (χ3v) is 6.51. The van der Waals surface area contributed by atoms with Gasteiger partial charge in [-0.25, -0.2) is 0 Å². The summed E-state index contributed by atoms with van der Waals surface area (Å²) in [4.78, 5) is 7.21. The molecule has 2 aromatic carbocycles. The van der Waals surface area contributed by atoms with Crippen molar-refractivity contribution in [2.75, 3.05) is 20.1 Å². The molecule has 5 heteroatoms. The summed E-state index contributed by atoms with van der Waals surface area (Å²) in [5.41, 5.74) is 1.31. The van der Waals surface area contributed by atoms with Gasteiger partial charge in [-0.1, -0.05) is 61.7 Å². The van der Waals surface area contributed by atoms with Crippen molar-refractivity contribution in [2.24, 2.45) is 4.99 Å². The van der Waals surface area contributed by atoms with Crippen LogP contribution in [0.4, 0.5) is 0 Å². The first-order valence-electron chi connectivity index (χ1n) is 11.0. The second kappa shape index (κ2) is 11.2. The summed E-state index contributed by atoms with van der Waals surface area (Å²) in [5.74, 6) is 0.920. The maximum Gasteiger partial charge on any atom is 0.191 e. The standard InChI is InChI=1S/C24H34N4.HI/c1-25-24(26-18-20-10-7-9-19-8-5-6-13-23(19)20)27-21-14-16-28(17-15-21)22-11-3-2-4-12-22;/h5-10,13,21-22H,2-4,11-12,14-18H2,1H3,(H2,25,26,27);1H. The van der Waals surface area contributed by atoms with E-state index in [1.165, 1.54) is 74.4 Å². The molecule has 2 aromatic rings. The molecule has 0 aromatic heterocycles. The van der Waals surface area contributed by atoms with Crippen molar-refractivity contribution < 1.29 is 0 Å². The number of rotatable bonds is 4. The minimum absolute atomic E-state index is 0. The van der Waals surface area contributed by atoms with Gasteiger partial charge in [0, 0.05) is 38.8 Å². The van der Waals surface area contributed by atoms with Crippen molar-refractivity contribution in [3.05, 3.63) is 48.0 Å². The molecule has 1 saturated carbocycles. The summed E-state index contributed by atoms with van der Waals surface area (Å²) in [6, 6.07) is 16.5. The third kappa shape index (κ3) is 5.85. The Morgan fingerprint density at radius 2 is 1.69 bits per heavy atom. The smallest absolute Gasteiger partial charge is 0.191 e. The summed E-state index contributed by atoms with van der Waals surface area (Å²) in [5, 5.41) is 9.79. The van der Waals surface area contributed by atoms with E-state index in [2.05, 4.69) is 63.0 Å². The van der Waals surface area contributed by atoms with Gasteiger partial charge in [0.1, 0.15) is 0 Å². The van der Waals surface area contributed by atoms with E-state index in [9.17, 15) is 0 Å². The Morgan fingerprint density at radius 1 is 0.966 bits per heavy atom. The van der Waals surface area contributed by atoms with Crippen LogP contribution in [0.2, 0.25) is 0 Å². The fourth-order valence-corrected chi connectivity index (χ4v) is 4.87. The van der Waals surface area contributed by atoms with Crippen LogP contribution < -0.4 is 10.6 Å². The Labute approximate surface area is 192 Å². The minimum Gasteiger partial charge on any atom is -0.354 e. The van der Waals surface area contributed by atoms with Crippen LogP contribution in [-0.4, -0.2) is 43.1 Å². The van der Waals surface area contributed by atoms with Gasteiger partial charge in [-0.3, -0.25) is 4.99 Å². The molecular weight excluding hydrogens is 471 g/mol. The van der Waals surface area contributed by atoms with Gasteiger partial charge in [0.05, 0.1) is 0 Å². The maximum absolute atomic E-state index is 4.47. The molecule has 1 saturated heterocycles. The summed E-state index contributed by atoms with van der Waals surface area (Å²) in [6.07, 6.45) is 9.53. The molecule has 4 rings (SSSR count). The first kappa shape index (κ1) is 22.3. The second-order valence-electron chi connectivity index (χ2n) is 8.31. The predicted octanol–water partition coefficient (Wildman–Crippen LogP) is 4.92. The topological polar surface area (TPSA) is 39.7 Å². The van der Waals surface area contributed by atoms with Crippen molar-refractivity contribution in [1.29, 1.82) is 0 Å². The van der Waals surface area contributed by atoms with Crippen LogP contribution in [0.15, 0.2) is 47.5 Å². The number of nitrogens with one attached hydrogen (secondary N) is 2. The Morgan fingerprint density at radius 3 is 2.45 bits per heavy atom.